The lowest BCUT2D eigenvalue weighted by atomic mass is 10.1. The zero-order valence-corrected chi connectivity index (χ0v) is 13.1. The van der Waals surface area contributed by atoms with Crippen molar-refractivity contribution in [1.82, 2.24) is 0 Å². The number of hydrogen-bond acceptors (Lipinski definition) is 4. The summed E-state index contributed by atoms with van der Waals surface area (Å²) in [4.78, 5) is 26.9. The van der Waals surface area contributed by atoms with Gasteiger partial charge in [0.15, 0.2) is 0 Å². The van der Waals surface area contributed by atoms with E-state index in [2.05, 4.69) is 0 Å². The Balaban J connectivity index is 1.84. The van der Waals surface area contributed by atoms with Crippen LogP contribution in [0, 0.1) is 0 Å². The first-order chi connectivity index (χ1) is 11.6. The van der Waals surface area contributed by atoms with Gasteiger partial charge in [-0.25, -0.2) is 4.79 Å². The smallest absolute Gasteiger partial charge is 0.349 e. The summed E-state index contributed by atoms with van der Waals surface area (Å²) in [5.41, 5.74) is 0.524. The molecule has 1 unspecified atom stereocenters. The monoisotopic (exact) mass is 321 g/mol. The molecule has 1 amide bonds. The maximum absolute atomic E-state index is 13.0. The van der Waals surface area contributed by atoms with Gasteiger partial charge in [-0.1, -0.05) is 30.3 Å². The molecule has 0 spiro atoms. The number of anilines is 1. The van der Waals surface area contributed by atoms with Crippen LogP contribution in [-0.2, 0) is 0 Å². The minimum atomic E-state index is -0.630. The third kappa shape index (κ3) is 2.25. The summed E-state index contributed by atoms with van der Waals surface area (Å²) < 4.78 is 11.0. The molecule has 0 fully saturated rings. The second-order valence-corrected chi connectivity index (χ2v) is 5.79. The normalized spacial score (nSPS) is 16.5. The van der Waals surface area contributed by atoms with Crippen LogP contribution in [0.5, 0.6) is 5.75 Å². The molecule has 4 rings (SSSR count). The molecule has 0 aliphatic carbocycles. The van der Waals surface area contributed by atoms with Crippen LogP contribution in [-0.4, -0.2) is 18.6 Å². The number of nitrogens with zero attached hydrogens (tertiary/aromatic N) is 1. The highest BCUT2D eigenvalue weighted by atomic mass is 16.5. The minimum Gasteiger partial charge on any atom is -0.489 e. The number of fused-ring (bicyclic) bond motifs is 2. The van der Waals surface area contributed by atoms with Gasteiger partial charge in [-0.2, -0.15) is 0 Å². The van der Waals surface area contributed by atoms with Crippen molar-refractivity contribution in [2.24, 2.45) is 0 Å². The molecule has 3 aromatic rings. The van der Waals surface area contributed by atoms with Crippen molar-refractivity contribution >= 4 is 22.6 Å². The number of amides is 1. The second kappa shape index (κ2) is 5.53. The van der Waals surface area contributed by atoms with E-state index in [1.165, 1.54) is 0 Å². The van der Waals surface area contributed by atoms with E-state index >= 15 is 0 Å². The standard InChI is InChI=1S/C19H15NO4/c1-12-11-23-17-9-5-3-7-15(17)20(12)18(21)14-10-13-6-2-4-8-16(13)24-19(14)22/h2-10,12H,11H2,1H3. The number of ether oxygens (including phenoxy) is 1. The predicted octanol–water partition coefficient (Wildman–Crippen LogP) is 3.22. The van der Waals surface area contributed by atoms with Gasteiger partial charge in [-0.05, 0) is 31.2 Å². The Labute approximate surface area is 138 Å². The molecule has 5 heteroatoms. The lowest BCUT2D eigenvalue weighted by Crippen LogP contribution is -2.46. The number of rotatable bonds is 1. The molecule has 1 aromatic heterocycles. The summed E-state index contributed by atoms with van der Waals surface area (Å²) in [5.74, 6) is 0.256. The van der Waals surface area contributed by atoms with E-state index in [1.54, 1.807) is 23.1 Å². The maximum Gasteiger partial charge on any atom is 0.349 e. The zero-order valence-electron chi connectivity index (χ0n) is 13.1. The first-order valence-electron chi connectivity index (χ1n) is 7.73. The van der Waals surface area contributed by atoms with Crippen molar-refractivity contribution in [3.8, 4) is 5.75 Å². The van der Waals surface area contributed by atoms with Crippen molar-refractivity contribution < 1.29 is 13.9 Å². The lowest BCUT2D eigenvalue weighted by molar-refractivity contribution is 0.0957. The lowest BCUT2D eigenvalue weighted by Gasteiger charge is -2.34. The van der Waals surface area contributed by atoms with Crippen LogP contribution in [0.4, 0.5) is 5.69 Å². The Kier molecular flexibility index (Phi) is 3.34. The van der Waals surface area contributed by atoms with Gasteiger partial charge >= 0.3 is 5.63 Å². The molecule has 2 heterocycles. The Hall–Kier alpha value is -3.08. The summed E-state index contributed by atoms with van der Waals surface area (Å²) in [5, 5.41) is 0.717. The van der Waals surface area contributed by atoms with Gasteiger partial charge in [0.05, 0.1) is 11.7 Å². The SMILES string of the molecule is CC1COc2ccccc2N1C(=O)c1cc2ccccc2oc1=O. The van der Waals surface area contributed by atoms with Crippen LogP contribution < -0.4 is 15.3 Å². The molecule has 2 aromatic carbocycles. The van der Waals surface area contributed by atoms with Crippen LogP contribution in [0.25, 0.3) is 11.0 Å². The Morgan fingerprint density at radius 3 is 2.75 bits per heavy atom. The molecular weight excluding hydrogens is 306 g/mol. The largest absolute Gasteiger partial charge is 0.489 e. The van der Waals surface area contributed by atoms with E-state index in [-0.39, 0.29) is 17.5 Å². The van der Waals surface area contributed by atoms with E-state index in [9.17, 15) is 9.59 Å². The summed E-state index contributed by atoms with van der Waals surface area (Å²) in [6.07, 6.45) is 0. The predicted molar refractivity (Wildman–Crippen MR) is 90.7 cm³/mol. The molecule has 1 aliphatic heterocycles. The number of benzene rings is 2. The fourth-order valence-corrected chi connectivity index (χ4v) is 2.95. The average Bonchev–Trinajstić information content (AvgIpc) is 2.60. The molecule has 0 bridgehead atoms. The van der Waals surface area contributed by atoms with Crippen LogP contribution in [0.15, 0.2) is 63.8 Å². The number of para-hydroxylation sites is 3. The highest BCUT2D eigenvalue weighted by Crippen LogP contribution is 2.34. The first kappa shape index (κ1) is 14.5. The highest BCUT2D eigenvalue weighted by Gasteiger charge is 2.31. The fraction of sp³-hybridized carbons (Fsp3) is 0.158. The molecular formula is C19H15NO4. The van der Waals surface area contributed by atoms with E-state index in [1.807, 2.05) is 43.3 Å². The summed E-state index contributed by atoms with van der Waals surface area (Å²) >= 11 is 0. The van der Waals surface area contributed by atoms with Crippen molar-refractivity contribution in [2.45, 2.75) is 13.0 Å². The van der Waals surface area contributed by atoms with Gasteiger partial charge in [-0.15, -0.1) is 0 Å². The van der Waals surface area contributed by atoms with Crippen LogP contribution in [0.3, 0.4) is 0 Å². The third-order valence-electron chi connectivity index (χ3n) is 4.14. The van der Waals surface area contributed by atoms with Gasteiger partial charge in [0.1, 0.15) is 23.5 Å². The number of carbonyl (C=O) groups excluding carboxylic acids is 1. The van der Waals surface area contributed by atoms with E-state index in [0.29, 0.717) is 23.6 Å². The van der Waals surface area contributed by atoms with Crippen LogP contribution >= 0.6 is 0 Å². The van der Waals surface area contributed by atoms with E-state index < -0.39 is 5.63 Å². The summed E-state index contributed by atoms with van der Waals surface area (Å²) in [7, 11) is 0. The van der Waals surface area contributed by atoms with Crippen molar-refractivity contribution in [1.29, 1.82) is 0 Å². The minimum absolute atomic E-state index is 0.0252. The second-order valence-electron chi connectivity index (χ2n) is 5.79. The molecule has 1 atom stereocenters. The Bertz CT molecular complexity index is 992. The van der Waals surface area contributed by atoms with Crippen molar-refractivity contribution in [3.63, 3.8) is 0 Å². The Morgan fingerprint density at radius 1 is 1.12 bits per heavy atom. The van der Waals surface area contributed by atoms with Crippen molar-refractivity contribution in [3.05, 3.63) is 70.6 Å². The van der Waals surface area contributed by atoms with Gasteiger partial charge in [0.25, 0.3) is 5.91 Å². The number of hydrogen-bond donors (Lipinski definition) is 0. The average molecular weight is 321 g/mol. The fourth-order valence-electron chi connectivity index (χ4n) is 2.95. The number of carbonyl (C=O) groups is 1. The highest BCUT2D eigenvalue weighted by molar-refractivity contribution is 6.08. The molecule has 24 heavy (non-hydrogen) atoms. The van der Waals surface area contributed by atoms with Gasteiger partial charge in [-0.3, -0.25) is 9.69 Å². The molecule has 1 aliphatic rings. The summed E-state index contributed by atoms with van der Waals surface area (Å²) in [6, 6.07) is 15.9. The van der Waals surface area contributed by atoms with E-state index in [0.717, 1.165) is 5.39 Å². The first-order valence-corrected chi connectivity index (χ1v) is 7.73. The molecule has 0 radical (unpaired) electrons. The van der Waals surface area contributed by atoms with E-state index in [4.69, 9.17) is 9.15 Å². The molecule has 0 saturated heterocycles. The van der Waals surface area contributed by atoms with Gasteiger partial charge < -0.3 is 9.15 Å². The quantitative estimate of drug-likeness (QED) is 0.646. The molecule has 0 saturated carbocycles. The van der Waals surface area contributed by atoms with Crippen LogP contribution in [0.1, 0.15) is 17.3 Å². The zero-order chi connectivity index (χ0) is 16.7. The molecule has 0 N–H and O–H groups in total. The topological polar surface area (TPSA) is 59.8 Å². The third-order valence-corrected chi connectivity index (χ3v) is 4.14. The van der Waals surface area contributed by atoms with Gasteiger partial charge in [0, 0.05) is 5.39 Å². The Morgan fingerprint density at radius 2 is 1.88 bits per heavy atom. The van der Waals surface area contributed by atoms with Crippen molar-refractivity contribution in [2.75, 3.05) is 11.5 Å². The molecule has 5 nitrogen and oxygen atoms in total. The molecule has 120 valence electrons. The summed E-state index contributed by atoms with van der Waals surface area (Å²) in [6.45, 7) is 2.26. The maximum atomic E-state index is 13.0. The van der Waals surface area contributed by atoms with Crippen LogP contribution in [0.2, 0.25) is 0 Å². The van der Waals surface area contributed by atoms with Gasteiger partial charge in [0.2, 0.25) is 0 Å².